The number of carbonyl (C=O) groups is 1. The molecule has 0 radical (unpaired) electrons. The van der Waals surface area contributed by atoms with Crippen molar-refractivity contribution < 1.29 is 4.79 Å². The van der Waals surface area contributed by atoms with E-state index in [4.69, 9.17) is 0 Å². The maximum atomic E-state index is 10.3. The van der Waals surface area contributed by atoms with Gasteiger partial charge >= 0.3 is 0 Å². The Morgan fingerprint density at radius 2 is 2.36 bits per heavy atom. The molecule has 54 valence electrons. The SMILES string of the molecule is O=Cc1cnc2ncsc2c1. The van der Waals surface area contributed by atoms with Crippen LogP contribution < -0.4 is 0 Å². The number of carbonyl (C=O) groups excluding carboxylic acids is 1. The second kappa shape index (κ2) is 2.39. The van der Waals surface area contributed by atoms with Crippen LogP contribution in [0.5, 0.6) is 0 Å². The van der Waals surface area contributed by atoms with Crippen LogP contribution in [0, 0.1) is 0 Å². The molecule has 2 heterocycles. The second-order valence-electron chi connectivity index (χ2n) is 2.06. The van der Waals surface area contributed by atoms with Gasteiger partial charge in [0.1, 0.15) is 0 Å². The molecule has 0 atom stereocenters. The fourth-order valence-corrected chi connectivity index (χ4v) is 1.51. The third-order valence-electron chi connectivity index (χ3n) is 1.34. The molecule has 0 unspecified atom stereocenters. The number of aromatic nitrogens is 2. The monoisotopic (exact) mass is 164 g/mol. The Bertz CT molecular complexity index is 396. The minimum absolute atomic E-state index is 0.599. The molecule has 0 fully saturated rings. The average molecular weight is 164 g/mol. The number of thiazole rings is 1. The summed E-state index contributed by atoms with van der Waals surface area (Å²) in [5, 5.41) is 0. The Labute approximate surface area is 66.7 Å². The number of pyridine rings is 1. The first-order chi connectivity index (χ1) is 5.40. The van der Waals surface area contributed by atoms with E-state index in [0.717, 1.165) is 11.0 Å². The first-order valence-electron chi connectivity index (χ1n) is 3.04. The van der Waals surface area contributed by atoms with Gasteiger partial charge in [-0.15, -0.1) is 11.3 Å². The van der Waals surface area contributed by atoms with Gasteiger partial charge in [-0.3, -0.25) is 4.79 Å². The highest BCUT2D eigenvalue weighted by atomic mass is 32.1. The van der Waals surface area contributed by atoms with Crippen LogP contribution in [0.25, 0.3) is 10.3 Å². The van der Waals surface area contributed by atoms with E-state index in [0.29, 0.717) is 11.2 Å². The summed E-state index contributed by atoms with van der Waals surface area (Å²) < 4.78 is 0.953. The molecule has 0 aliphatic heterocycles. The highest BCUT2D eigenvalue weighted by Crippen LogP contribution is 2.15. The molecule has 2 aromatic heterocycles. The van der Waals surface area contributed by atoms with E-state index in [1.165, 1.54) is 17.5 Å². The first-order valence-corrected chi connectivity index (χ1v) is 3.92. The molecule has 0 aliphatic carbocycles. The molecule has 2 rings (SSSR count). The number of hydrogen-bond acceptors (Lipinski definition) is 4. The normalized spacial score (nSPS) is 10.2. The molecule has 2 aromatic rings. The Hall–Kier alpha value is -1.29. The average Bonchev–Trinajstić information content (AvgIpc) is 2.50. The zero-order valence-electron chi connectivity index (χ0n) is 5.52. The minimum Gasteiger partial charge on any atom is -0.298 e. The summed E-state index contributed by atoms with van der Waals surface area (Å²) in [4.78, 5) is 18.3. The molecule has 4 heteroatoms. The summed E-state index contributed by atoms with van der Waals surface area (Å²) in [5.41, 5.74) is 3.02. The standard InChI is InChI=1S/C7H4N2OS/c10-3-5-1-6-7(8-2-5)9-4-11-6/h1-4H. The number of hydrogen-bond donors (Lipinski definition) is 0. The Balaban J connectivity index is 2.76. The van der Waals surface area contributed by atoms with Gasteiger partial charge in [-0.2, -0.15) is 0 Å². The van der Waals surface area contributed by atoms with Crippen LogP contribution in [0.2, 0.25) is 0 Å². The lowest BCUT2D eigenvalue weighted by atomic mass is 10.3. The predicted molar refractivity (Wildman–Crippen MR) is 42.8 cm³/mol. The van der Waals surface area contributed by atoms with Crippen LogP contribution in [0.4, 0.5) is 0 Å². The Morgan fingerprint density at radius 1 is 1.45 bits per heavy atom. The van der Waals surface area contributed by atoms with Crippen LogP contribution in [-0.2, 0) is 0 Å². The van der Waals surface area contributed by atoms with E-state index >= 15 is 0 Å². The van der Waals surface area contributed by atoms with Crippen LogP contribution >= 0.6 is 11.3 Å². The summed E-state index contributed by atoms with van der Waals surface area (Å²) in [6, 6.07) is 1.78. The lowest BCUT2D eigenvalue weighted by Gasteiger charge is -1.87. The van der Waals surface area contributed by atoms with Crippen molar-refractivity contribution in [3.63, 3.8) is 0 Å². The molecule has 0 aromatic carbocycles. The third-order valence-corrected chi connectivity index (χ3v) is 2.11. The van der Waals surface area contributed by atoms with Gasteiger partial charge in [0.25, 0.3) is 0 Å². The van der Waals surface area contributed by atoms with Gasteiger partial charge in [0.2, 0.25) is 0 Å². The summed E-state index contributed by atoms with van der Waals surface area (Å²) in [6.07, 6.45) is 2.31. The quantitative estimate of drug-likeness (QED) is 0.600. The van der Waals surface area contributed by atoms with Crippen molar-refractivity contribution in [2.45, 2.75) is 0 Å². The summed E-state index contributed by atoms with van der Waals surface area (Å²) in [5.74, 6) is 0. The van der Waals surface area contributed by atoms with Gasteiger partial charge in [0.15, 0.2) is 11.9 Å². The highest BCUT2D eigenvalue weighted by Gasteiger charge is 1.97. The second-order valence-corrected chi connectivity index (χ2v) is 2.95. The molecular weight excluding hydrogens is 160 g/mol. The summed E-state index contributed by atoms with van der Waals surface area (Å²) in [7, 11) is 0. The number of aldehydes is 1. The van der Waals surface area contributed by atoms with Crippen molar-refractivity contribution in [1.29, 1.82) is 0 Å². The van der Waals surface area contributed by atoms with Gasteiger partial charge in [-0.1, -0.05) is 0 Å². The molecule has 0 bridgehead atoms. The van der Waals surface area contributed by atoms with Crippen LogP contribution in [0.1, 0.15) is 10.4 Å². The lowest BCUT2D eigenvalue weighted by molar-refractivity contribution is 0.112. The summed E-state index contributed by atoms with van der Waals surface area (Å²) >= 11 is 1.48. The van der Waals surface area contributed by atoms with Crippen LogP contribution in [0.3, 0.4) is 0 Å². The minimum atomic E-state index is 0.599. The van der Waals surface area contributed by atoms with E-state index in [-0.39, 0.29) is 0 Å². The van der Waals surface area contributed by atoms with Gasteiger partial charge in [0.05, 0.1) is 10.2 Å². The third kappa shape index (κ3) is 1.01. The van der Waals surface area contributed by atoms with E-state index in [9.17, 15) is 4.79 Å². The van der Waals surface area contributed by atoms with E-state index < -0.39 is 0 Å². The molecule has 0 amide bonds. The Kier molecular flexibility index (Phi) is 1.40. The molecule has 0 spiro atoms. The van der Waals surface area contributed by atoms with Gasteiger partial charge in [0, 0.05) is 11.8 Å². The maximum absolute atomic E-state index is 10.3. The van der Waals surface area contributed by atoms with Crippen molar-refractivity contribution in [2.24, 2.45) is 0 Å². The fraction of sp³-hybridized carbons (Fsp3) is 0. The zero-order valence-corrected chi connectivity index (χ0v) is 6.34. The van der Waals surface area contributed by atoms with E-state index in [1.807, 2.05) is 0 Å². The molecular formula is C7H4N2OS. The number of fused-ring (bicyclic) bond motifs is 1. The number of rotatable bonds is 1. The maximum Gasteiger partial charge on any atom is 0.170 e. The van der Waals surface area contributed by atoms with Crippen molar-refractivity contribution in [2.75, 3.05) is 0 Å². The molecule has 0 aliphatic rings. The molecule has 11 heavy (non-hydrogen) atoms. The van der Waals surface area contributed by atoms with Crippen molar-refractivity contribution in [3.8, 4) is 0 Å². The van der Waals surface area contributed by atoms with Crippen molar-refractivity contribution in [1.82, 2.24) is 9.97 Å². The topological polar surface area (TPSA) is 42.9 Å². The molecule has 0 saturated heterocycles. The molecule has 3 nitrogen and oxygen atoms in total. The van der Waals surface area contributed by atoms with Crippen LogP contribution in [-0.4, -0.2) is 16.3 Å². The van der Waals surface area contributed by atoms with Gasteiger partial charge in [-0.25, -0.2) is 9.97 Å². The van der Waals surface area contributed by atoms with Crippen LogP contribution in [0.15, 0.2) is 17.8 Å². The summed E-state index contributed by atoms with van der Waals surface area (Å²) in [6.45, 7) is 0. The van der Waals surface area contributed by atoms with Gasteiger partial charge < -0.3 is 0 Å². The molecule has 0 N–H and O–H groups in total. The number of nitrogens with zero attached hydrogens (tertiary/aromatic N) is 2. The fourth-order valence-electron chi connectivity index (χ4n) is 0.834. The van der Waals surface area contributed by atoms with Crippen molar-refractivity contribution in [3.05, 3.63) is 23.3 Å². The highest BCUT2D eigenvalue weighted by molar-refractivity contribution is 7.16. The first kappa shape index (κ1) is 6.42. The smallest absolute Gasteiger partial charge is 0.170 e. The van der Waals surface area contributed by atoms with E-state index in [1.54, 1.807) is 11.6 Å². The van der Waals surface area contributed by atoms with Gasteiger partial charge in [-0.05, 0) is 6.07 Å². The Morgan fingerprint density at radius 3 is 3.18 bits per heavy atom. The van der Waals surface area contributed by atoms with Crippen molar-refractivity contribution >= 4 is 28.0 Å². The predicted octanol–water partition coefficient (Wildman–Crippen LogP) is 1.50. The largest absolute Gasteiger partial charge is 0.298 e. The molecule has 0 saturated carbocycles. The lowest BCUT2D eigenvalue weighted by Crippen LogP contribution is -1.81. The van der Waals surface area contributed by atoms with E-state index in [2.05, 4.69) is 9.97 Å². The zero-order chi connectivity index (χ0) is 7.68.